The fraction of sp³-hybridized carbons (Fsp3) is 0.0323. The van der Waals surface area contributed by atoms with E-state index in [-0.39, 0.29) is 22.1 Å². The lowest BCUT2D eigenvalue weighted by Crippen LogP contribution is -2.34. The highest BCUT2D eigenvalue weighted by Gasteiger charge is 2.19. The molecule has 4 aromatic carbocycles. The molecule has 0 saturated carbocycles. The van der Waals surface area contributed by atoms with E-state index in [0.717, 1.165) is 33.8 Å². The molecule has 0 spiro atoms. The van der Waals surface area contributed by atoms with E-state index < -0.39 is 10.8 Å². The Morgan fingerprint density at radius 1 is 0.929 bits per heavy atom. The summed E-state index contributed by atoms with van der Waals surface area (Å²) in [7, 11) is 1.32. The van der Waals surface area contributed by atoms with Gasteiger partial charge in [0.2, 0.25) is 5.89 Å². The molecule has 42 heavy (non-hydrogen) atoms. The molecular formula is C31H21N5O5S. The molecule has 0 aliphatic rings. The van der Waals surface area contributed by atoms with E-state index >= 15 is 0 Å². The molecule has 0 radical (unpaired) electrons. The standard InChI is InChI=1S/C31H21N5O5S/c1-40-28-13-11-19(15-26(28)36(38)39)29(37)35-31(42)32-20-12-14-27-25(16-20)34-30(41-27)22-17-24(18-7-3-2-4-8-18)33-23-10-6-5-9-21(22)23/h2-17H,1H3,(H2,32,35,37,42). The van der Waals surface area contributed by atoms with Gasteiger partial charge in [-0.25, -0.2) is 9.97 Å². The summed E-state index contributed by atoms with van der Waals surface area (Å²) in [6.07, 6.45) is 0. The first-order chi connectivity index (χ1) is 20.4. The number of carbonyl (C=O) groups is 1. The van der Waals surface area contributed by atoms with E-state index in [4.69, 9.17) is 31.3 Å². The van der Waals surface area contributed by atoms with Crippen molar-refractivity contribution in [2.75, 3.05) is 12.4 Å². The van der Waals surface area contributed by atoms with Crippen LogP contribution in [0, 0.1) is 10.1 Å². The van der Waals surface area contributed by atoms with Crippen molar-refractivity contribution in [3.63, 3.8) is 0 Å². The molecule has 0 atom stereocenters. The Morgan fingerprint density at radius 2 is 1.71 bits per heavy atom. The number of nitrogens with zero attached hydrogens (tertiary/aromatic N) is 3. The van der Waals surface area contributed by atoms with Crippen molar-refractivity contribution < 1.29 is 18.9 Å². The lowest BCUT2D eigenvalue weighted by Gasteiger charge is -2.10. The number of methoxy groups -OCH3 is 1. The minimum absolute atomic E-state index is 0.00849. The average Bonchev–Trinajstić information content (AvgIpc) is 3.43. The zero-order valence-electron chi connectivity index (χ0n) is 22.0. The number of ether oxygens (including phenoxy) is 1. The van der Waals surface area contributed by atoms with Gasteiger partial charge in [0.25, 0.3) is 5.91 Å². The first-order valence-corrected chi connectivity index (χ1v) is 13.1. The second-order valence-corrected chi connectivity index (χ2v) is 9.60. The minimum atomic E-state index is -0.620. The number of fused-ring (bicyclic) bond motifs is 2. The molecule has 0 unspecified atom stereocenters. The van der Waals surface area contributed by atoms with Crippen LogP contribution in [0.25, 0.3) is 44.7 Å². The number of amides is 1. The maximum Gasteiger partial charge on any atom is 0.311 e. The van der Waals surface area contributed by atoms with Crippen molar-refractivity contribution in [2.24, 2.45) is 0 Å². The van der Waals surface area contributed by atoms with Crippen LogP contribution in [0.15, 0.2) is 101 Å². The molecular weight excluding hydrogens is 554 g/mol. The highest BCUT2D eigenvalue weighted by atomic mass is 32.1. The van der Waals surface area contributed by atoms with Crippen LogP contribution in [-0.4, -0.2) is 33.0 Å². The van der Waals surface area contributed by atoms with Crippen LogP contribution in [0.4, 0.5) is 11.4 Å². The van der Waals surface area contributed by atoms with Crippen LogP contribution < -0.4 is 15.4 Å². The van der Waals surface area contributed by atoms with Crippen LogP contribution in [0.2, 0.25) is 0 Å². The Bertz CT molecular complexity index is 2010. The van der Waals surface area contributed by atoms with Gasteiger partial charge in [-0.05, 0) is 54.7 Å². The van der Waals surface area contributed by atoms with E-state index in [2.05, 4.69) is 10.6 Å². The zero-order valence-corrected chi connectivity index (χ0v) is 22.8. The number of hydrogen-bond donors (Lipinski definition) is 2. The maximum absolute atomic E-state index is 12.7. The normalized spacial score (nSPS) is 10.9. The van der Waals surface area contributed by atoms with Gasteiger partial charge in [0.05, 0.1) is 23.2 Å². The first-order valence-electron chi connectivity index (χ1n) is 12.7. The number of nitro benzene ring substituents is 1. The molecule has 0 aliphatic heterocycles. The summed E-state index contributed by atoms with van der Waals surface area (Å²) in [5.74, 6) is -0.120. The number of nitrogens with one attached hydrogen (secondary N) is 2. The number of rotatable bonds is 6. The topological polar surface area (TPSA) is 132 Å². The number of nitro groups is 1. The summed E-state index contributed by atoms with van der Waals surface area (Å²) < 4.78 is 11.1. The van der Waals surface area contributed by atoms with Crippen LogP contribution >= 0.6 is 12.2 Å². The predicted molar refractivity (Wildman–Crippen MR) is 164 cm³/mol. The number of pyridine rings is 1. The average molecular weight is 576 g/mol. The van der Waals surface area contributed by atoms with Gasteiger partial charge in [-0.2, -0.15) is 0 Å². The monoisotopic (exact) mass is 575 g/mol. The molecule has 1 amide bonds. The summed E-state index contributed by atoms with van der Waals surface area (Å²) in [5.41, 5.74) is 4.86. The van der Waals surface area contributed by atoms with Crippen LogP contribution in [0.3, 0.4) is 0 Å². The number of para-hydroxylation sites is 1. The van der Waals surface area contributed by atoms with Gasteiger partial charge in [-0.15, -0.1) is 0 Å². The second-order valence-electron chi connectivity index (χ2n) is 9.19. The number of hydrogen-bond acceptors (Lipinski definition) is 8. The summed E-state index contributed by atoms with van der Waals surface area (Å²) >= 11 is 5.31. The smallest absolute Gasteiger partial charge is 0.311 e. The summed E-state index contributed by atoms with van der Waals surface area (Å²) in [6, 6.07) is 28.8. The van der Waals surface area contributed by atoms with Gasteiger partial charge in [0.1, 0.15) is 5.52 Å². The number of anilines is 1. The fourth-order valence-corrected chi connectivity index (χ4v) is 4.75. The molecule has 0 fully saturated rings. The molecule has 10 nitrogen and oxygen atoms in total. The lowest BCUT2D eigenvalue weighted by atomic mass is 10.0. The molecule has 0 aliphatic carbocycles. The SMILES string of the molecule is COc1ccc(C(=O)NC(=S)Nc2ccc3oc(-c4cc(-c5ccccc5)nc5ccccc45)nc3c2)cc1[N+](=O)[O-]. The number of carbonyl (C=O) groups excluding carboxylic acids is 1. The van der Waals surface area contributed by atoms with Gasteiger partial charge in [0.15, 0.2) is 16.4 Å². The third kappa shape index (κ3) is 5.23. The van der Waals surface area contributed by atoms with Crippen LogP contribution in [0.1, 0.15) is 10.4 Å². The van der Waals surface area contributed by atoms with Crippen molar-refractivity contribution >= 4 is 56.6 Å². The summed E-state index contributed by atoms with van der Waals surface area (Å²) in [5, 5.41) is 17.7. The summed E-state index contributed by atoms with van der Waals surface area (Å²) in [4.78, 5) is 33.0. The molecule has 6 rings (SSSR count). The van der Waals surface area contributed by atoms with E-state index in [1.54, 1.807) is 18.2 Å². The van der Waals surface area contributed by atoms with Crippen LogP contribution in [0.5, 0.6) is 5.75 Å². The van der Waals surface area contributed by atoms with Crippen molar-refractivity contribution in [1.82, 2.24) is 15.3 Å². The third-order valence-corrected chi connectivity index (χ3v) is 6.73. The van der Waals surface area contributed by atoms with Gasteiger partial charge in [-0.3, -0.25) is 20.2 Å². The zero-order chi connectivity index (χ0) is 29.2. The Kier molecular flexibility index (Phi) is 6.99. The molecule has 0 bridgehead atoms. The highest BCUT2D eigenvalue weighted by Crippen LogP contribution is 2.34. The minimum Gasteiger partial charge on any atom is -0.490 e. The Balaban J connectivity index is 1.25. The largest absolute Gasteiger partial charge is 0.490 e. The van der Waals surface area contributed by atoms with Crippen molar-refractivity contribution in [1.29, 1.82) is 0 Å². The van der Waals surface area contributed by atoms with Gasteiger partial charge < -0.3 is 14.5 Å². The van der Waals surface area contributed by atoms with Crippen molar-refractivity contribution in [3.05, 3.63) is 113 Å². The number of benzene rings is 4. The lowest BCUT2D eigenvalue weighted by molar-refractivity contribution is -0.385. The number of thiocarbonyl (C=S) groups is 1. The van der Waals surface area contributed by atoms with Crippen LogP contribution in [-0.2, 0) is 0 Å². The van der Waals surface area contributed by atoms with Gasteiger partial charge in [0, 0.05) is 33.8 Å². The quantitative estimate of drug-likeness (QED) is 0.126. The molecule has 206 valence electrons. The maximum atomic E-state index is 12.7. The fourth-order valence-electron chi connectivity index (χ4n) is 4.54. The van der Waals surface area contributed by atoms with E-state index in [9.17, 15) is 14.9 Å². The molecule has 2 N–H and O–H groups in total. The molecule has 2 aromatic heterocycles. The highest BCUT2D eigenvalue weighted by molar-refractivity contribution is 7.80. The Morgan fingerprint density at radius 3 is 2.50 bits per heavy atom. The Labute approximate surface area is 244 Å². The Hall–Kier alpha value is -5.68. The second kappa shape index (κ2) is 11.1. The molecule has 11 heteroatoms. The van der Waals surface area contributed by atoms with E-state index in [1.165, 1.54) is 19.2 Å². The summed E-state index contributed by atoms with van der Waals surface area (Å²) in [6.45, 7) is 0. The molecule has 2 heterocycles. The van der Waals surface area contributed by atoms with Gasteiger partial charge in [-0.1, -0.05) is 48.5 Å². The number of oxazole rings is 1. The molecule has 6 aromatic rings. The van der Waals surface area contributed by atoms with Crippen molar-refractivity contribution in [2.45, 2.75) is 0 Å². The molecule has 0 saturated heterocycles. The predicted octanol–water partition coefficient (Wildman–Crippen LogP) is 6.75. The van der Waals surface area contributed by atoms with E-state index in [0.29, 0.717) is 22.7 Å². The van der Waals surface area contributed by atoms with E-state index in [1.807, 2.05) is 60.7 Å². The first kappa shape index (κ1) is 26.5. The third-order valence-electron chi connectivity index (χ3n) is 6.53. The van der Waals surface area contributed by atoms with Gasteiger partial charge >= 0.3 is 5.69 Å². The number of aromatic nitrogens is 2. The van der Waals surface area contributed by atoms with Crippen molar-refractivity contribution in [3.8, 4) is 28.5 Å².